The molecule has 0 radical (unpaired) electrons. The molecule has 46 valence electrons. The van der Waals surface area contributed by atoms with Gasteiger partial charge in [0.2, 0.25) is 0 Å². The van der Waals surface area contributed by atoms with Crippen molar-refractivity contribution < 1.29 is 4.63 Å². The highest BCUT2D eigenvalue weighted by atomic mass is 16.6. The molecule has 1 heterocycles. The van der Waals surface area contributed by atoms with Crippen LogP contribution in [-0.2, 0) is 0 Å². The van der Waals surface area contributed by atoms with Crippen LogP contribution in [0.15, 0.2) is 17.0 Å². The van der Waals surface area contributed by atoms with Gasteiger partial charge in [0.15, 0.2) is 0 Å². The van der Waals surface area contributed by atoms with Crippen molar-refractivity contribution in [3.63, 3.8) is 0 Å². The standard InChI is InChI=1S/C3H8.C2H2N2O/c1-3-2;1-2-4-5-3-1/h3H2,1-2H3;1-2H. The first kappa shape index (κ1) is 7.14. The van der Waals surface area contributed by atoms with Crippen molar-refractivity contribution >= 4 is 0 Å². The fraction of sp³-hybridized carbons (Fsp3) is 0.600. The molecule has 0 aliphatic heterocycles. The zero-order chi connectivity index (χ0) is 6.24. The molecule has 0 atom stereocenters. The van der Waals surface area contributed by atoms with Crippen LogP contribution < -0.4 is 0 Å². The summed E-state index contributed by atoms with van der Waals surface area (Å²) in [6, 6.07) is 0. The maximum absolute atomic E-state index is 4.08. The number of aromatic nitrogens is 2. The van der Waals surface area contributed by atoms with E-state index in [1.807, 2.05) is 0 Å². The monoisotopic (exact) mass is 114 g/mol. The average molecular weight is 114 g/mol. The first-order valence-corrected chi connectivity index (χ1v) is 2.63. The van der Waals surface area contributed by atoms with Crippen LogP contribution in [-0.4, -0.2) is 10.3 Å². The lowest BCUT2D eigenvalue weighted by Crippen LogP contribution is -1.44. The van der Waals surface area contributed by atoms with Crippen molar-refractivity contribution in [2.45, 2.75) is 20.3 Å². The molecule has 0 saturated carbocycles. The Labute approximate surface area is 48.7 Å². The predicted octanol–water partition coefficient (Wildman–Crippen LogP) is 1.49. The third kappa shape index (κ3) is 5.14. The van der Waals surface area contributed by atoms with Crippen molar-refractivity contribution in [2.24, 2.45) is 0 Å². The molecule has 0 amide bonds. The molecule has 0 fully saturated rings. The fourth-order valence-corrected chi connectivity index (χ4v) is 0.136. The summed E-state index contributed by atoms with van der Waals surface area (Å²) in [7, 11) is 0. The molecule has 0 aliphatic rings. The highest BCUT2D eigenvalue weighted by Gasteiger charge is 1.61. The number of hydrogen-bond acceptors (Lipinski definition) is 3. The van der Waals surface area contributed by atoms with Gasteiger partial charge in [-0.25, -0.2) is 4.63 Å². The van der Waals surface area contributed by atoms with Gasteiger partial charge in [0.05, 0.1) is 12.4 Å². The van der Waals surface area contributed by atoms with Gasteiger partial charge >= 0.3 is 0 Å². The van der Waals surface area contributed by atoms with E-state index in [0.29, 0.717) is 0 Å². The van der Waals surface area contributed by atoms with E-state index in [-0.39, 0.29) is 0 Å². The van der Waals surface area contributed by atoms with Gasteiger partial charge in [0.25, 0.3) is 0 Å². The molecule has 0 unspecified atom stereocenters. The van der Waals surface area contributed by atoms with E-state index in [1.54, 1.807) is 0 Å². The van der Waals surface area contributed by atoms with E-state index in [4.69, 9.17) is 0 Å². The fourth-order valence-electron chi connectivity index (χ4n) is 0.136. The summed E-state index contributed by atoms with van der Waals surface area (Å²) >= 11 is 0. The van der Waals surface area contributed by atoms with Gasteiger partial charge in [0, 0.05) is 0 Å². The van der Waals surface area contributed by atoms with E-state index >= 15 is 0 Å². The molecule has 0 aliphatic carbocycles. The molecular weight excluding hydrogens is 104 g/mol. The zero-order valence-electron chi connectivity index (χ0n) is 5.16. The summed E-state index contributed by atoms with van der Waals surface area (Å²) in [5, 5.41) is 6.47. The average Bonchev–Trinajstić information content (AvgIpc) is 2.17. The summed E-state index contributed by atoms with van der Waals surface area (Å²) in [4.78, 5) is 0. The summed E-state index contributed by atoms with van der Waals surface area (Å²) in [5.41, 5.74) is 0. The molecule has 1 rings (SSSR count). The SMILES string of the molecule is CCC.c1cnon1. The van der Waals surface area contributed by atoms with Gasteiger partial charge in [-0.3, -0.25) is 0 Å². The Kier molecular flexibility index (Phi) is 5.48. The van der Waals surface area contributed by atoms with Gasteiger partial charge in [-0.15, -0.1) is 0 Å². The quantitative estimate of drug-likeness (QED) is 0.512. The van der Waals surface area contributed by atoms with E-state index in [1.165, 1.54) is 18.8 Å². The molecule has 3 heteroatoms. The van der Waals surface area contributed by atoms with E-state index in [2.05, 4.69) is 28.8 Å². The molecule has 0 saturated heterocycles. The Hall–Kier alpha value is -0.860. The van der Waals surface area contributed by atoms with E-state index < -0.39 is 0 Å². The number of hydrogen-bond donors (Lipinski definition) is 0. The lowest BCUT2D eigenvalue weighted by atomic mass is 10.6. The molecule has 0 aromatic carbocycles. The van der Waals surface area contributed by atoms with E-state index in [9.17, 15) is 0 Å². The van der Waals surface area contributed by atoms with Gasteiger partial charge in [-0.05, 0) is 0 Å². The van der Waals surface area contributed by atoms with Gasteiger partial charge in [0.1, 0.15) is 0 Å². The van der Waals surface area contributed by atoms with Gasteiger partial charge < -0.3 is 0 Å². The Balaban J connectivity index is 0.000000145. The Morgan fingerprint density at radius 1 is 1.25 bits per heavy atom. The second-order valence-corrected chi connectivity index (χ2v) is 1.30. The second kappa shape index (κ2) is 6.14. The highest BCUT2D eigenvalue weighted by Crippen LogP contribution is 1.62. The smallest absolute Gasteiger partial charge is 0.0913 e. The van der Waals surface area contributed by atoms with Crippen molar-refractivity contribution in [1.82, 2.24) is 10.3 Å². The molecule has 1 aromatic heterocycles. The van der Waals surface area contributed by atoms with Gasteiger partial charge in [-0.1, -0.05) is 30.6 Å². The van der Waals surface area contributed by atoms with Crippen LogP contribution in [0.5, 0.6) is 0 Å². The Bertz CT molecular complexity index is 77.3. The number of rotatable bonds is 0. The third-order valence-corrected chi connectivity index (χ3v) is 0.283. The van der Waals surface area contributed by atoms with Crippen molar-refractivity contribution in [3.05, 3.63) is 12.4 Å². The zero-order valence-corrected chi connectivity index (χ0v) is 5.16. The lowest BCUT2D eigenvalue weighted by molar-refractivity contribution is 0.307. The summed E-state index contributed by atoms with van der Waals surface area (Å²) < 4.78 is 4.08. The van der Waals surface area contributed by atoms with Crippen molar-refractivity contribution in [3.8, 4) is 0 Å². The Morgan fingerprint density at radius 3 is 1.75 bits per heavy atom. The van der Waals surface area contributed by atoms with Crippen molar-refractivity contribution in [2.75, 3.05) is 0 Å². The molecule has 1 aromatic rings. The minimum atomic E-state index is 1.25. The van der Waals surface area contributed by atoms with Crippen molar-refractivity contribution in [1.29, 1.82) is 0 Å². The second-order valence-electron chi connectivity index (χ2n) is 1.30. The van der Waals surface area contributed by atoms with E-state index in [0.717, 1.165) is 0 Å². The van der Waals surface area contributed by atoms with Crippen LogP contribution in [0.25, 0.3) is 0 Å². The van der Waals surface area contributed by atoms with Crippen LogP contribution in [0, 0.1) is 0 Å². The van der Waals surface area contributed by atoms with Crippen LogP contribution in [0.2, 0.25) is 0 Å². The Morgan fingerprint density at radius 2 is 1.62 bits per heavy atom. The molecule has 0 bridgehead atoms. The normalized spacial score (nSPS) is 7.25. The minimum absolute atomic E-state index is 1.25. The number of nitrogens with zero attached hydrogens (tertiary/aromatic N) is 2. The molecule has 0 spiro atoms. The van der Waals surface area contributed by atoms with Crippen LogP contribution in [0.4, 0.5) is 0 Å². The predicted molar refractivity (Wildman–Crippen MR) is 30.3 cm³/mol. The molecule has 3 nitrogen and oxygen atoms in total. The topological polar surface area (TPSA) is 38.9 Å². The largest absolute Gasteiger partial charge is 0.245 e. The van der Waals surface area contributed by atoms with Gasteiger partial charge in [-0.2, -0.15) is 0 Å². The minimum Gasteiger partial charge on any atom is -0.245 e. The lowest BCUT2D eigenvalue weighted by Gasteiger charge is -1.48. The maximum Gasteiger partial charge on any atom is 0.0913 e. The first-order valence-electron chi connectivity index (χ1n) is 2.63. The molecule has 0 N–H and O–H groups in total. The van der Waals surface area contributed by atoms with Crippen LogP contribution in [0.1, 0.15) is 20.3 Å². The van der Waals surface area contributed by atoms with Crippen LogP contribution in [0.3, 0.4) is 0 Å². The van der Waals surface area contributed by atoms with Crippen LogP contribution >= 0.6 is 0 Å². The summed E-state index contributed by atoms with van der Waals surface area (Å²) in [6.07, 6.45) is 4.19. The maximum atomic E-state index is 4.08. The summed E-state index contributed by atoms with van der Waals surface area (Å²) in [6.45, 7) is 4.25. The molecular formula is C5H10N2O. The first-order chi connectivity index (χ1) is 3.91. The summed E-state index contributed by atoms with van der Waals surface area (Å²) in [5.74, 6) is 0. The highest BCUT2D eigenvalue weighted by molar-refractivity contribution is 4.51. The third-order valence-electron chi connectivity index (χ3n) is 0.283. The molecule has 8 heavy (non-hydrogen) atoms.